The third-order valence-corrected chi connectivity index (χ3v) is 6.07. The van der Waals surface area contributed by atoms with Gasteiger partial charge in [0, 0.05) is 48.3 Å². The van der Waals surface area contributed by atoms with E-state index in [1.165, 1.54) is 30.0 Å². The van der Waals surface area contributed by atoms with E-state index in [1.54, 1.807) is 5.56 Å². The zero-order valence-electron chi connectivity index (χ0n) is 12.5. The molecule has 1 aromatic rings. The van der Waals surface area contributed by atoms with Gasteiger partial charge in [0.1, 0.15) is 0 Å². The Bertz CT molecular complexity index is 491. The fourth-order valence-corrected chi connectivity index (χ4v) is 4.61. The van der Waals surface area contributed by atoms with Crippen molar-refractivity contribution in [1.82, 2.24) is 10.2 Å². The topological polar surface area (TPSA) is 24.5 Å². The van der Waals surface area contributed by atoms with E-state index in [4.69, 9.17) is 4.74 Å². The van der Waals surface area contributed by atoms with Gasteiger partial charge in [0.15, 0.2) is 0 Å². The molecule has 114 valence electrons. The van der Waals surface area contributed by atoms with Crippen molar-refractivity contribution in [2.45, 2.75) is 35.7 Å². The molecule has 4 rings (SSSR count). The summed E-state index contributed by atoms with van der Waals surface area (Å²) in [6, 6.07) is 10.3. The molecule has 0 spiro atoms. The predicted molar refractivity (Wildman–Crippen MR) is 87.1 cm³/mol. The standard InChI is InChI=1S/C17H24N2OS/c1-2-4-17-16(3-1)13(12-21-17)10-19-7-8-20-11-15(19)9-18-14-5-6-14/h1-4,13-15,18H,5-12H2. The van der Waals surface area contributed by atoms with Crippen molar-refractivity contribution in [3.8, 4) is 0 Å². The van der Waals surface area contributed by atoms with Crippen molar-refractivity contribution in [3.63, 3.8) is 0 Å². The molecule has 1 N–H and O–H groups in total. The lowest BCUT2D eigenvalue weighted by Crippen LogP contribution is -2.51. The summed E-state index contributed by atoms with van der Waals surface area (Å²) >= 11 is 2.02. The smallest absolute Gasteiger partial charge is 0.0634 e. The largest absolute Gasteiger partial charge is 0.378 e. The Kier molecular flexibility index (Phi) is 4.21. The molecule has 1 aliphatic carbocycles. The van der Waals surface area contributed by atoms with Crippen LogP contribution in [0.1, 0.15) is 24.3 Å². The first-order valence-corrected chi connectivity index (χ1v) is 9.15. The Morgan fingerprint density at radius 3 is 3.10 bits per heavy atom. The second-order valence-corrected chi connectivity index (χ2v) is 7.51. The molecule has 1 saturated heterocycles. The number of benzene rings is 1. The summed E-state index contributed by atoms with van der Waals surface area (Å²) in [6.45, 7) is 5.14. The van der Waals surface area contributed by atoms with Crippen molar-refractivity contribution in [2.75, 3.05) is 38.6 Å². The number of rotatable bonds is 5. The summed E-state index contributed by atoms with van der Waals surface area (Å²) in [5.74, 6) is 1.92. The quantitative estimate of drug-likeness (QED) is 0.902. The Hall–Kier alpha value is -0.550. The third kappa shape index (κ3) is 3.29. The minimum atomic E-state index is 0.553. The monoisotopic (exact) mass is 304 g/mol. The van der Waals surface area contributed by atoms with Gasteiger partial charge < -0.3 is 10.1 Å². The van der Waals surface area contributed by atoms with E-state index in [-0.39, 0.29) is 0 Å². The molecule has 21 heavy (non-hydrogen) atoms. The predicted octanol–water partition coefficient (Wildman–Crippen LogP) is 2.33. The molecule has 0 amide bonds. The van der Waals surface area contributed by atoms with E-state index >= 15 is 0 Å². The van der Waals surface area contributed by atoms with Crippen LogP contribution in [0.5, 0.6) is 0 Å². The molecule has 3 nitrogen and oxygen atoms in total. The lowest BCUT2D eigenvalue weighted by atomic mass is 10.00. The first-order valence-electron chi connectivity index (χ1n) is 8.17. The Morgan fingerprint density at radius 1 is 1.29 bits per heavy atom. The second kappa shape index (κ2) is 6.29. The van der Waals surface area contributed by atoms with Crippen LogP contribution in [0.15, 0.2) is 29.2 Å². The van der Waals surface area contributed by atoms with Crippen molar-refractivity contribution in [1.29, 1.82) is 0 Å². The van der Waals surface area contributed by atoms with Gasteiger partial charge in [-0.15, -0.1) is 11.8 Å². The number of nitrogens with one attached hydrogen (secondary N) is 1. The van der Waals surface area contributed by atoms with Crippen molar-refractivity contribution < 1.29 is 4.74 Å². The van der Waals surface area contributed by atoms with Crippen LogP contribution in [0.4, 0.5) is 0 Å². The van der Waals surface area contributed by atoms with Crippen LogP contribution < -0.4 is 5.32 Å². The molecule has 0 radical (unpaired) electrons. The third-order valence-electron chi connectivity index (χ3n) is 4.82. The van der Waals surface area contributed by atoms with Gasteiger partial charge in [-0.1, -0.05) is 18.2 Å². The zero-order valence-corrected chi connectivity index (χ0v) is 13.3. The highest BCUT2D eigenvalue weighted by Gasteiger charge is 2.31. The molecule has 2 fully saturated rings. The highest BCUT2D eigenvalue weighted by molar-refractivity contribution is 7.99. The van der Waals surface area contributed by atoms with Gasteiger partial charge in [-0.3, -0.25) is 4.90 Å². The van der Waals surface area contributed by atoms with Crippen molar-refractivity contribution in [3.05, 3.63) is 29.8 Å². The maximum atomic E-state index is 5.71. The van der Waals surface area contributed by atoms with E-state index in [0.29, 0.717) is 12.0 Å². The minimum Gasteiger partial charge on any atom is -0.378 e. The minimum absolute atomic E-state index is 0.553. The number of fused-ring (bicyclic) bond motifs is 1. The van der Waals surface area contributed by atoms with Crippen LogP contribution in [0, 0.1) is 0 Å². The number of ether oxygens (including phenoxy) is 1. The number of morpholine rings is 1. The van der Waals surface area contributed by atoms with Gasteiger partial charge in [0.25, 0.3) is 0 Å². The summed E-state index contributed by atoms with van der Waals surface area (Å²) in [6.07, 6.45) is 2.72. The molecule has 0 bridgehead atoms. The van der Waals surface area contributed by atoms with Crippen molar-refractivity contribution >= 4 is 11.8 Å². The summed E-state index contributed by atoms with van der Waals surface area (Å²) in [5, 5.41) is 3.67. The molecule has 1 aromatic carbocycles. The highest BCUT2D eigenvalue weighted by atomic mass is 32.2. The average molecular weight is 304 g/mol. The lowest BCUT2D eigenvalue weighted by molar-refractivity contribution is -0.00872. The van der Waals surface area contributed by atoms with Crippen LogP contribution in [0.25, 0.3) is 0 Å². The average Bonchev–Trinajstić information content (AvgIpc) is 3.27. The van der Waals surface area contributed by atoms with Crippen LogP contribution in [-0.2, 0) is 4.74 Å². The summed E-state index contributed by atoms with van der Waals surface area (Å²) in [7, 11) is 0. The number of hydrogen-bond acceptors (Lipinski definition) is 4. The Balaban J connectivity index is 1.39. The second-order valence-electron chi connectivity index (χ2n) is 6.45. The maximum Gasteiger partial charge on any atom is 0.0634 e. The number of hydrogen-bond donors (Lipinski definition) is 1. The van der Waals surface area contributed by atoms with E-state index in [2.05, 4.69) is 34.5 Å². The molecule has 2 heterocycles. The van der Waals surface area contributed by atoms with E-state index in [9.17, 15) is 0 Å². The highest BCUT2D eigenvalue weighted by Crippen LogP contribution is 2.39. The Morgan fingerprint density at radius 2 is 2.19 bits per heavy atom. The van der Waals surface area contributed by atoms with Gasteiger partial charge in [-0.2, -0.15) is 0 Å². The van der Waals surface area contributed by atoms with Crippen molar-refractivity contribution in [2.24, 2.45) is 0 Å². The maximum absolute atomic E-state index is 5.71. The normalized spacial score (nSPS) is 29.5. The van der Waals surface area contributed by atoms with Crippen LogP contribution in [-0.4, -0.2) is 55.6 Å². The van der Waals surface area contributed by atoms with E-state index in [0.717, 1.165) is 32.3 Å². The van der Waals surface area contributed by atoms with Gasteiger partial charge in [0.2, 0.25) is 0 Å². The number of thioether (sulfide) groups is 1. The number of nitrogens with zero attached hydrogens (tertiary/aromatic N) is 1. The van der Waals surface area contributed by atoms with Gasteiger partial charge in [-0.25, -0.2) is 0 Å². The summed E-state index contributed by atoms with van der Waals surface area (Å²) in [5.41, 5.74) is 1.56. The molecule has 1 saturated carbocycles. The summed E-state index contributed by atoms with van der Waals surface area (Å²) in [4.78, 5) is 4.15. The van der Waals surface area contributed by atoms with Gasteiger partial charge in [-0.05, 0) is 24.5 Å². The van der Waals surface area contributed by atoms with Gasteiger partial charge >= 0.3 is 0 Å². The van der Waals surface area contributed by atoms with Crippen LogP contribution >= 0.6 is 11.8 Å². The molecule has 3 aliphatic rings. The van der Waals surface area contributed by atoms with E-state index < -0.39 is 0 Å². The SMILES string of the molecule is c1ccc2c(c1)SCC2CN1CCOCC1CNC1CC1. The van der Waals surface area contributed by atoms with E-state index in [1.807, 2.05) is 11.8 Å². The van der Waals surface area contributed by atoms with Crippen LogP contribution in [0.3, 0.4) is 0 Å². The lowest BCUT2D eigenvalue weighted by Gasteiger charge is -2.37. The molecular formula is C17H24N2OS. The molecule has 2 aliphatic heterocycles. The fraction of sp³-hybridized carbons (Fsp3) is 0.647. The first-order chi connectivity index (χ1) is 10.4. The van der Waals surface area contributed by atoms with Crippen LogP contribution in [0.2, 0.25) is 0 Å². The van der Waals surface area contributed by atoms with Gasteiger partial charge in [0.05, 0.1) is 13.2 Å². The molecular weight excluding hydrogens is 280 g/mol. The molecule has 4 heteroatoms. The first kappa shape index (κ1) is 14.1. The molecule has 2 unspecified atom stereocenters. The zero-order chi connectivity index (χ0) is 14.1. The molecule has 2 atom stereocenters. The fourth-order valence-electron chi connectivity index (χ4n) is 3.37. The molecule has 0 aromatic heterocycles. The Labute approximate surface area is 131 Å². The summed E-state index contributed by atoms with van der Waals surface area (Å²) < 4.78 is 5.71.